The van der Waals surface area contributed by atoms with Gasteiger partial charge in [-0.05, 0) is 49.6 Å². The molecule has 0 radical (unpaired) electrons. The molecule has 1 aliphatic heterocycles. The summed E-state index contributed by atoms with van der Waals surface area (Å²) < 4.78 is 10.9. The summed E-state index contributed by atoms with van der Waals surface area (Å²) in [5, 5.41) is 3.06. The molecule has 25 heavy (non-hydrogen) atoms. The molecule has 1 aliphatic rings. The molecule has 4 heteroatoms. The average molecular weight is 337 g/mol. The summed E-state index contributed by atoms with van der Waals surface area (Å²) in [5.74, 6) is 1.44. The Labute approximate surface area is 148 Å². The predicted molar refractivity (Wildman–Crippen MR) is 98.8 cm³/mol. The lowest BCUT2D eigenvalue weighted by molar-refractivity contribution is -0.118. The number of amides is 1. The first-order valence-corrected chi connectivity index (χ1v) is 8.52. The van der Waals surface area contributed by atoms with E-state index in [2.05, 4.69) is 17.4 Å². The van der Waals surface area contributed by atoms with Crippen LogP contribution in [0.15, 0.2) is 54.1 Å². The second-order valence-electron chi connectivity index (χ2n) is 6.26. The first-order valence-electron chi connectivity index (χ1n) is 8.52. The van der Waals surface area contributed by atoms with Crippen molar-refractivity contribution < 1.29 is 14.3 Å². The van der Waals surface area contributed by atoms with Gasteiger partial charge in [-0.2, -0.15) is 0 Å². The van der Waals surface area contributed by atoms with Crippen LogP contribution in [0.4, 0.5) is 0 Å². The van der Waals surface area contributed by atoms with Gasteiger partial charge < -0.3 is 14.8 Å². The maximum atomic E-state index is 12.5. The van der Waals surface area contributed by atoms with Crippen LogP contribution in [0.2, 0.25) is 0 Å². The highest BCUT2D eigenvalue weighted by molar-refractivity contribution is 5.99. The smallest absolute Gasteiger partial charge is 0.250 e. The van der Waals surface area contributed by atoms with Crippen molar-refractivity contribution in [1.29, 1.82) is 0 Å². The maximum Gasteiger partial charge on any atom is 0.250 e. The molecule has 2 aromatic rings. The fourth-order valence-electron chi connectivity index (χ4n) is 2.83. The first-order chi connectivity index (χ1) is 12.2. The van der Waals surface area contributed by atoms with Crippen molar-refractivity contribution in [2.75, 3.05) is 13.7 Å². The lowest BCUT2D eigenvalue weighted by Crippen LogP contribution is -2.35. The van der Waals surface area contributed by atoms with Crippen LogP contribution in [0, 0.1) is 0 Å². The minimum absolute atomic E-state index is 0.0750. The van der Waals surface area contributed by atoms with Crippen molar-refractivity contribution in [2.45, 2.75) is 25.8 Å². The number of ether oxygens (including phenoxy) is 2. The van der Waals surface area contributed by atoms with Crippen LogP contribution in [0.5, 0.6) is 11.5 Å². The summed E-state index contributed by atoms with van der Waals surface area (Å²) in [6.45, 7) is 2.32. The number of fused-ring (bicyclic) bond motifs is 1. The summed E-state index contributed by atoms with van der Waals surface area (Å²) in [7, 11) is 1.62. The first kappa shape index (κ1) is 17.1. The molecule has 0 saturated heterocycles. The van der Waals surface area contributed by atoms with Gasteiger partial charge in [-0.15, -0.1) is 0 Å². The zero-order valence-electron chi connectivity index (χ0n) is 14.6. The van der Waals surface area contributed by atoms with Gasteiger partial charge in [0.2, 0.25) is 0 Å². The van der Waals surface area contributed by atoms with Gasteiger partial charge in [0, 0.05) is 11.6 Å². The molecule has 0 fully saturated rings. The van der Waals surface area contributed by atoms with Crippen molar-refractivity contribution in [1.82, 2.24) is 5.32 Å². The Kier molecular flexibility index (Phi) is 5.39. The van der Waals surface area contributed by atoms with E-state index < -0.39 is 0 Å². The van der Waals surface area contributed by atoms with Gasteiger partial charge in [-0.3, -0.25) is 4.79 Å². The Bertz CT molecular complexity index is 768. The highest BCUT2D eigenvalue weighted by Gasteiger charge is 2.19. The van der Waals surface area contributed by atoms with Gasteiger partial charge in [0.1, 0.15) is 18.1 Å². The van der Waals surface area contributed by atoms with E-state index in [0.717, 1.165) is 29.9 Å². The molecule has 130 valence electrons. The molecule has 1 amide bonds. The summed E-state index contributed by atoms with van der Waals surface area (Å²) >= 11 is 0. The van der Waals surface area contributed by atoms with Crippen molar-refractivity contribution in [2.24, 2.45) is 0 Å². The topological polar surface area (TPSA) is 47.6 Å². The second kappa shape index (κ2) is 7.88. The van der Waals surface area contributed by atoms with Crippen molar-refractivity contribution in [3.63, 3.8) is 0 Å². The standard InChI is InChI=1S/C21H23NO3/c1-15(8-9-16-6-4-3-5-7-16)22-21(23)18-12-17-13-19(24-2)10-11-20(17)25-14-18/h3-7,10-13,15H,8-9,14H2,1-2H3,(H,22,23)/t15-/m0/s1. The summed E-state index contributed by atoms with van der Waals surface area (Å²) in [5.41, 5.74) is 2.78. The van der Waals surface area contributed by atoms with Gasteiger partial charge in [-0.25, -0.2) is 0 Å². The number of benzene rings is 2. The molecule has 0 aliphatic carbocycles. The molecular weight excluding hydrogens is 314 g/mol. The second-order valence-corrected chi connectivity index (χ2v) is 6.26. The van der Waals surface area contributed by atoms with Crippen molar-refractivity contribution >= 4 is 12.0 Å². The zero-order valence-corrected chi connectivity index (χ0v) is 14.6. The Balaban J connectivity index is 1.60. The largest absolute Gasteiger partial charge is 0.497 e. The minimum atomic E-state index is -0.0750. The van der Waals surface area contributed by atoms with E-state index in [1.54, 1.807) is 7.11 Å². The van der Waals surface area contributed by atoms with E-state index in [9.17, 15) is 4.79 Å². The fourth-order valence-corrected chi connectivity index (χ4v) is 2.83. The summed E-state index contributed by atoms with van der Waals surface area (Å²) in [6, 6.07) is 16.0. The number of hydrogen-bond acceptors (Lipinski definition) is 3. The lowest BCUT2D eigenvalue weighted by Gasteiger charge is -2.20. The Morgan fingerprint density at radius 2 is 2.04 bits per heavy atom. The highest BCUT2D eigenvalue weighted by atomic mass is 16.5. The molecule has 2 aromatic carbocycles. The number of nitrogens with one attached hydrogen (secondary N) is 1. The third-order valence-electron chi connectivity index (χ3n) is 4.31. The molecule has 4 nitrogen and oxygen atoms in total. The van der Waals surface area contributed by atoms with E-state index >= 15 is 0 Å². The fraction of sp³-hybridized carbons (Fsp3) is 0.286. The average Bonchev–Trinajstić information content (AvgIpc) is 2.66. The van der Waals surface area contributed by atoms with Gasteiger partial charge in [0.15, 0.2) is 0 Å². The molecule has 1 atom stereocenters. The molecule has 0 saturated carbocycles. The molecular formula is C21H23NO3. The van der Waals surface area contributed by atoms with Crippen LogP contribution in [0.25, 0.3) is 6.08 Å². The Hall–Kier alpha value is -2.75. The molecule has 1 N–H and O–H groups in total. The normalized spacial score (nSPS) is 13.9. The maximum absolute atomic E-state index is 12.5. The highest BCUT2D eigenvalue weighted by Crippen LogP contribution is 2.29. The van der Waals surface area contributed by atoms with Crippen LogP contribution in [-0.4, -0.2) is 25.7 Å². The predicted octanol–water partition coefficient (Wildman–Crippen LogP) is 3.61. The van der Waals surface area contributed by atoms with E-state index in [4.69, 9.17) is 9.47 Å². The zero-order chi connectivity index (χ0) is 17.6. The van der Waals surface area contributed by atoms with Crippen LogP contribution in [0.3, 0.4) is 0 Å². The number of carbonyl (C=O) groups excluding carboxylic acids is 1. The monoisotopic (exact) mass is 337 g/mol. The molecule has 1 heterocycles. The minimum Gasteiger partial charge on any atom is -0.497 e. The van der Waals surface area contributed by atoms with E-state index in [1.165, 1.54) is 5.56 Å². The summed E-state index contributed by atoms with van der Waals surface area (Å²) in [4.78, 5) is 12.5. The third-order valence-corrected chi connectivity index (χ3v) is 4.31. The quantitative estimate of drug-likeness (QED) is 0.876. The SMILES string of the molecule is COc1ccc2c(c1)C=C(C(=O)N[C@@H](C)CCc1ccccc1)CO2. The number of rotatable bonds is 6. The number of methoxy groups -OCH3 is 1. The van der Waals surface area contributed by atoms with Gasteiger partial charge >= 0.3 is 0 Å². The Morgan fingerprint density at radius 1 is 1.24 bits per heavy atom. The number of hydrogen-bond donors (Lipinski definition) is 1. The number of carbonyl (C=O) groups is 1. The van der Waals surface area contributed by atoms with Crippen LogP contribution < -0.4 is 14.8 Å². The van der Waals surface area contributed by atoms with Crippen molar-refractivity contribution in [3.8, 4) is 11.5 Å². The van der Waals surface area contributed by atoms with Gasteiger partial charge in [0.25, 0.3) is 5.91 Å². The van der Waals surface area contributed by atoms with E-state index in [-0.39, 0.29) is 18.6 Å². The molecule has 0 spiro atoms. The third kappa shape index (κ3) is 4.41. The van der Waals surface area contributed by atoms with Gasteiger partial charge in [0.05, 0.1) is 12.7 Å². The molecule has 0 bridgehead atoms. The molecule has 0 unspecified atom stereocenters. The van der Waals surface area contributed by atoms with Crippen LogP contribution in [-0.2, 0) is 11.2 Å². The lowest BCUT2D eigenvalue weighted by atomic mass is 10.0. The summed E-state index contributed by atoms with van der Waals surface area (Å²) in [6.07, 6.45) is 3.72. The van der Waals surface area contributed by atoms with Crippen LogP contribution in [0.1, 0.15) is 24.5 Å². The van der Waals surface area contributed by atoms with Crippen LogP contribution >= 0.6 is 0 Å². The Morgan fingerprint density at radius 3 is 2.80 bits per heavy atom. The van der Waals surface area contributed by atoms with E-state index in [0.29, 0.717) is 5.57 Å². The molecule has 0 aromatic heterocycles. The van der Waals surface area contributed by atoms with Gasteiger partial charge in [-0.1, -0.05) is 30.3 Å². The van der Waals surface area contributed by atoms with Crippen molar-refractivity contribution in [3.05, 3.63) is 65.2 Å². The van der Waals surface area contributed by atoms with E-state index in [1.807, 2.05) is 49.4 Å². The molecule has 3 rings (SSSR count). The number of aryl methyl sites for hydroxylation is 1.